The van der Waals surface area contributed by atoms with Gasteiger partial charge in [0.15, 0.2) is 37.7 Å². The van der Waals surface area contributed by atoms with Crippen LogP contribution in [-0.4, -0.2) is 317 Å². The number of methoxy groups -OCH3 is 1. The fourth-order valence-electron chi connectivity index (χ4n) is 7.89. The standard InChI is InChI=1S/C36H62O30/c1-55-31-26(50)20(44)15(39)9(62-31)4-58-33-28(52)22(46)17(41)11(64-33)6-60-35-30(54)24(48)19(43)13(66-35)7-61-36-29(53)23(47)18(42)12(65-36)5-59-34-27(51)21(45)16(40)10(63-34)3-57-32-25(49)14(38)8(37)2-56-32/h8-54H,2-7H2,1H3/t8-,9-,10-,11-,12-,13-,14+,15-,16-,17-,18-,19-,20+,21+,22+,23+,24+,25-,26-,27-,28-,29-,30-,31+,32+,33-,34-,35-,36-/m1/s1. The molecule has 0 aromatic carbocycles. The first-order valence-electron chi connectivity index (χ1n) is 20.9. The fourth-order valence-corrected chi connectivity index (χ4v) is 7.89. The Labute approximate surface area is 373 Å². The van der Waals surface area contributed by atoms with Crippen LogP contribution in [0.5, 0.6) is 0 Å². The minimum Gasteiger partial charge on any atom is -0.388 e. The van der Waals surface area contributed by atoms with Crippen LogP contribution in [0.15, 0.2) is 0 Å². The van der Waals surface area contributed by atoms with Gasteiger partial charge < -0.3 is 149 Å². The van der Waals surface area contributed by atoms with Gasteiger partial charge >= 0.3 is 0 Å². The molecule has 0 spiro atoms. The summed E-state index contributed by atoms with van der Waals surface area (Å²) >= 11 is 0. The van der Waals surface area contributed by atoms with E-state index in [0.29, 0.717) is 0 Å². The van der Waals surface area contributed by atoms with Gasteiger partial charge in [0.05, 0.1) is 39.6 Å². The Kier molecular flexibility index (Phi) is 19.2. The summed E-state index contributed by atoms with van der Waals surface area (Å²) in [5.74, 6) is 0. The zero-order valence-electron chi connectivity index (χ0n) is 34.9. The molecule has 6 saturated heterocycles. The predicted octanol–water partition coefficient (Wildman–Crippen LogP) is -12.8. The number of rotatable bonds is 16. The van der Waals surface area contributed by atoms with Gasteiger partial charge in [0.1, 0.15) is 140 Å². The lowest BCUT2D eigenvalue weighted by Crippen LogP contribution is -2.63. The molecule has 0 saturated carbocycles. The topological polar surface area (TPSA) is 475 Å². The molecule has 18 N–H and O–H groups in total. The molecule has 29 atom stereocenters. The van der Waals surface area contributed by atoms with Crippen LogP contribution in [0.1, 0.15) is 0 Å². The van der Waals surface area contributed by atoms with Gasteiger partial charge in [-0.2, -0.15) is 0 Å². The maximum atomic E-state index is 10.7. The van der Waals surface area contributed by atoms with Gasteiger partial charge in [-0.05, 0) is 0 Å². The monoisotopic (exact) mass is 974 g/mol. The second-order valence-electron chi connectivity index (χ2n) is 16.7. The van der Waals surface area contributed by atoms with Crippen molar-refractivity contribution < 1.29 is 149 Å². The van der Waals surface area contributed by atoms with E-state index in [2.05, 4.69) is 0 Å². The van der Waals surface area contributed by atoms with Crippen molar-refractivity contribution in [3.05, 3.63) is 0 Å². The van der Waals surface area contributed by atoms with Crippen molar-refractivity contribution in [2.75, 3.05) is 46.8 Å². The molecular weight excluding hydrogens is 912 g/mol. The van der Waals surface area contributed by atoms with E-state index >= 15 is 0 Å². The smallest absolute Gasteiger partial charge is 0.186 e. The van der Waals surface area contributed by atoms with E-state index in [-0.39, 0.29) is 0 Å². The number of hydrogen-bond acceptors (Lipinski definition) is 30. The van der Waals surface area contributed by atoms with E-state index in [1.807, 2.05) is 0 Å². The van der Waals surface area contributed by atoms with Crippen molar-refractivity contribution in [2.24, 2.45) is 0 Å². The largest absolute Gasteiger partial charge is 0.388 e. The van der Waals surface area contributed by atoms with Crippen LogP contribution >= 0.6 is 0 Å². The zero-order chi connectivity index (χ0) is 48.5. The highest BCUT2D eigenvalue weighted by Gasteiger charge is 2.52. The molecule has 30 heteroatoms. The second-order valence-corrected chi connectivity index (χ2v) is 16.7. The predicted molar refractivity (Wildman–Crippen MR) is 198 cm³/mol. The normalized spacial score (nSPS) is 52.9. The molecule has 66 heavy (non-hydrogen) atoms. The molecule has 386 valence electrons. The third-order valence-electron chi connectivity index (χ3n) is 12.2. The third-order valence-corrected chi connectivity index (χ3v) is 12.2. The van der Waals surface area contributed by atoms with E-state index in [4.69, 9.17) is 56.8 Å². The Balaban J connectivity index is 1.01. The number of hydrogen-bond donors (Lipinski definition) is 18. The molecule has 0 aromatic rings. The summed E-state index contributed by atoms with van der Waals surface area (Å²) < 4.78 is 65.2. The molecule has 6 aliphatic heterocycles. The van der Waals surface area contributed by atoms with E-state index < -0.39 is 218 Å². The van der Waals surface area contributed by atoms with Gasteiger partial charge in [-0.3, -0.25) is 0 Å². The summed E-state index contributed by atoms with van der Waals surface area (Å²) in [5.41, 5.74) is 0. The van der Waals surface area contributed by atoms with Gasteiger partial charge in [-0.15, -0.1) is 0 Å². The SMILES string of the molecule is CO[C@H]1O[C@H](CO[C@@H]2O[C@H](CO[C@@H]3O[C@H](CO[C@@H]4O[C@H](CO[C@@H]5O[C@H](CO[C@@H]6OC[C@@H](O)[C@H](O)[C@H]6O)[C@@H](O)[C@H](O)[C@H]5O)[C@@H](O)[C@H](O)[C@H]4O)[C@@H](O)[C@H](O)[C@H]3O)[C@@H](O)[C@H](O)[C@H]2O)[C@@H](O)[C@H](O)[C@H]1O. The minimum atomic E-state index is -1.99. The van der Waals surface area contributed by atoms with Crippen LogP contribution in [0.25, 0.3) is 0 Å². The first-order chi connectivity index (χ1) is 31.2. The van der Waals surface area contributed by atoms with Gasteiger partial charge in [-0.25, -0.2) is 0 Å². The number of aliphatic hydroxyl groups excluding tert-OH is 18. The Morgan fingerprint density at radius 3 is 0.788 bits per heavy atom. The lowest BCUT2D eigenvalue weighted by Gasteiger charge is -2.44. The van der Waals surface area contributed by atoms with E-state index in [1.54, 1.807) is 0 Å². The summed E-state index contributed by atoms with van der Waals surface area (Å²) in [6.07, 6.45) is -50.2. The summed E-state index contributed by atoms with van der Waals surface area (Å²) in [6, 6.07) is 0. The minimum absolute atomic E-state index is 0.404. The number of ether oxygens (including phenoxy) is 12. The molecule has 6 fully saturated rings. The third kappa shape index (κ3) is 11.8. The molecule has 0 aromatic heterocycles. The van der Waals surface area contributed by atoms with Crippen molar-refractivity contribution in [2.45, 2.75) is 178 Å². The maximum Gasteiger partial charge on any atom is 0.186 e. The average molecular weight is 975 g/mol. The highest BCUT2D eigenvalue weighted by molar-refractivity contribution is 4.95. The van der Waals surface area contributed by atoms with Crippen molar-refractivity contribution in [3.63, 3.8) is 0 Å². The highest BCUT2D eigenvalue weighted by atomic mass is 16.8. The molecule has 0 bridgehead atoms. The van der Waals surface area contributed by atoms with E-state index in [0.717, 1.165) is 0 Å². The van der Waals surface area contributed by atoms with Crippen LogP contribution in [0.2, 0.25) is 0 Å². The van der Waals surface area contributed by atoms with E-state index in [9.17, 15) is 91.9 Å². The molecule has 0 radical (unpaired) electrons. The molecule has 6 rings (SSSR count). The van der Waals surface area contributed by atoms with Gasteiger partial charge in [0, 0.05) is 7.11 Å². The molecule has 6 aliphatic rings. The average Bonchev–Trinajstić information content (AvgIpc) is 3.30. The Morgan fingerprint density at radius 1 is 0.288 bits per heavy atom. The van der Waals surface area contributed by atoms with Crippen molar-refractivity contribution in [3.8, 4) is 0 Å². The van der Waals surface area contributed by atoms with Crippen LogP contribution in [0.3, 0.4) is 0 Å². The fraction of sp³-hybridized carbons (Fsp3) is 1.00. The van der Waals surface area contributed by atoms with E-state index in [1.165, 1.54) is 7.11 Å². The Morgan fingerprint density at radius 2 is 0.515 bits per heavy atom. The Hall–Kier alpha value is -1.20. The van der Waals surface area contributed by atoms with Crippen molar-refractivity contribution in [1.29, 1.82) is 0 Å². The summed E-state index contributed by atoms with van der Waals surface area (Å²) in [7, 11) is 1.17. The molecule has 6 heterocycles. The Bertz CT molecular complexity index is 1470. The molecule has 30 nitrogen and oxygen atoms in total. The van der Waals surface area contributed by atoms with Crippen molar-refractivity contribution >= 4 is 0 Å². The first-order valence-corrected chi connectivity index (χ1v) is 20.9. The van der Waals surface area contributed by atoms with Crippen LogP contribution in [0, 0.1) is 0 Å². The maximum absolute atomic E-state index is 10.7. The second kappa shape index (κ2) is 23.4. The van der Waals surface area contributed by atoms with Gasteiger partial charge in [0.2, 0.25) is 0 Å². The lowest BCUT2D eigenvalue weighted by molar-refractivity contribution is -0.351. The molecule has 0 amide bonds. The van der Waals surface area contributed by atoms with Crippen LogP contribution in [0.4, 0.5) is 0 Å². The molecular formula is C36H62O30. The molecule has 0 aliphatic carbocycles. The van der Waals surface area contributed by atoms with Crippen molar-refractivity contribution in [1.82, 2.24) is 0 Å². The van der Waals surface area contributed by atoms with Gasteiger partial charge in [-0.1, -0.05) is 0 Å². The van der Waals surface area contributed by atoms with Crippen LogP contribution in [-0.2, 0) is 56.8 Å². The first kappa shape index (κ1) is 54.1. The quantitative estimate of drug-likeness (QED) is 0.0683. The summed E-state index contributed by atoms with van der Waals surface area (Å²) in [4.78, 5) is 0. The molecule has 0 unspecified atom stereocenters. The lowest BCUT2D eigenvalue weighted by atomic mass is 9.97. The summed E-state index contributed by atoms with van der Waals surface area (Å²) in [5, 5.41) is 187. The highest BCUT2D eigenvalue weighted by Crippen LogP contribution is 2.31. The number of aliphatic hydroxyl groups is 18. The zero-order valence-corrected chi connectivity index (χ0v) is 34.9. The summed E-state index contributed by atoms with van der Waals surface area (Å²) in [6.45, 7) is -3.87. The van der Waals surface area contributed by atoms with Crippen LogP contribution < -0.4 is 0 Å². The van der Waals surface area contributed by atoms with Gasteiger partial charge in [0.25, 0.3) is 0 Å².